The SMILES string of the molecule is CC1(C)CCC(CN(CCO)Cc2ccccc2)O1. The highest BCUT2D eigenvalue weighted by Crippen LogP contribution is 2.29. The molecule has 2 rings (SSSR count). The van der Waals surface area contributed by atoms with E-state index < -0.39 is 0 Å². The molecule has 1 aromatic rings. The lowest BCUT2D eigenvalue weighted by atomic mass is 10.1. The topological polar surface area (TPSA) is 32.7 Å². The molecule has 1 atom stereocenters. The Labute approximate surface area is 116 Å². The van der Waals surface area contributed by atoms with Crippen molar-refractivity contribution >= 4 is 0 Å². The number of aliphatic hydroxyl groups is 1. The number of hydrogen-bond acceptors (Lipinski definition) is 3. The van der Waals surface area contributed by atoms with Gasteiger partial charge in [0.15, 0.2) is 0 Å². The first kappa shape index (κ1) is 14.5. The highest BCUT2D eigenvalue weighted by molar-refractivity contribution is 5.14. The van der Waals surface area contributed by atoms with Gasteiger partial charge in [-0.05, 0) is 32.3 Å². The predicted octanol–water partition coefficient (Wildman–Crippen LogP) is 2.44. The Morgan fingerprint density at radius 1 is 1.32 bits per heavy atom. The van der Waals surface area contributed by atoms with Crippen LogP contribution in [0.15, 0.2) is 30.3 Å². The van der Waals surface area contributed by atoms with Crippen LogP contribution in [-0.2, 0) is 11.3 Å². The summed E-state index contributed by atoms with van der Waals surface area (Å²) >= 11 is 0. The number of ether oxygens (including phenoxy) is 1. The fourth-order valence-electron chi connectivity index (χ4n) is 2.71. The van der Waals surface area contributed by atoms with Gasteiger partial charge in [0.25, 0.3) is 0 Å². The van der Waals surface area contributed by atoms with Crippen LogP contribution in [0.3, 0.4) is 0 Å². The zero-order valence-electron chi connectivity index (χ0n) is 12.0. The fourth-order valence-corrected chi connectivity index (χ4v) is 2.71. The second kappa shape index (κ2) is 6.51. The second-order valence-electron chi connectivity index (χ2n) is 5.98. The summed E-state index contributed by atoms with van der Waals surface area (Å²) in [5.41, 5.74) is 1.30. The summed E-state index contributed by atoms with van der Waals surface area (Å²) < 4.78 is 6.04. The second-order valence-corrected chi connectivity index (χ2v) is 5.98. The van der Waals surface area contributed by atoms with Crippen LogP contribution in [0.4, 0.5) is 0 Å². The van der Waals surface area contributed by atoms with Gasteiger partial charge < -0.3 is 9.84 Å². The van der Waals surface area contributed by atoms with E-state index in [1.807, 2.05) is 6.07 Å². The molecule has 106 valence electrons. The van der Waals surface area contributed by atoms with Crippen LogP contribution in [0.25, 0.3) is 0 Å². The molecule has 0 bridgehead atoms. The van der Waals surface area contributed by atoms with Crippen molar-refractivity contribution in [2.75, 3.05) is 19.7 Å². The average molecular weight is 263 g/mol. The third-order valence-electron chi connectivity index (χ3n) is 3.68. The van der Waals surface area contributed by atoms with E-state index in [1.165, 1.54) is 5.56 Å². The third-order valence-corrected chi connectivity index (χ3v) is 3.68. The van der Waals surface area contributed by atoms with E-state index in [4.69, 9.17) is 4.74 Å². The van der Waals surface area contributed by atoms with Gasteiger partial charge in [0.1, 0.15) is 0 Å². The molecule has 0 aliphatic carbocycles. The molecule has 1 unspecified atom stereocenters. The first-order valence-electron chi connectivity index (χ1n) is 7.14. The number of aliphatic hydroxyl groups excluding tert-OH is 1. The average Bonchev–Trinajstić information content (AvgIpc) is 2.70. The molecule has 1 fully saturated rings. The van der Waals surface area contributed by atoms with E-state index in [-0.39, 0.29) is 12.2 Å². The summed E-state index contributed by atoms with van der Waals surface area (Å²) in [6.45, 7) is 6.99. The van der Waals surface area contributed by atoms with Gasteiger partial charge in [-0.25, -0.2) is 0 Å². The van der Waals surface area contributed by atoms with Gasteiger partial charge >= 0.3 is 0 Å². The summed E-state index contributed by atoms with van der Waals surface area (Å²) in [7, 11) is 0. The standard InChI is InChI=1S/C16H25NO2/c1-16(2)9-8-15(19-16)13-17(10-11-18)12-14-6-4-3-5-7-14/h3-7,15,18H,8-13H2,1-2H3. The van der Waals surface area contributed by atoms with Crippen molar-refractivity contribution in [2.45, 2.75) is 44.9 Å². The molecule has 0 spiro atoms. The minimum absolute atomic E-state index is 0.0162. The lowest BCUT2D eigenvalue weighted by Gasteiger charge is -2.26. The molecule has 1 aliphatic heterocycles. The Bertz CT molecular complexity index is 378. The van der Waals surface area contributed by atoms with E-state index in [0.717, 1.165) is 25.9 Å². The normalized spacial score (nSPS) is 22.0. The molecular weight excluding hydrogens is 238 g/mol. The molecule has 0 aromatic heterocycles. The minimum Gasteiger partial charge on any atom is -0.395 e. The molecule has 1 saturated heterocycles. The lowest BCUT2D eigenvalue weighted by Crippen LogP contribution is -2.35. The van der Waals surface area contributed by atoms with Crippen molar-refractivity contribution in [3.8, 4) is 0 Å². The van der Waals surface area contributed by atoms with Crippen LogP contribution in [0.1, 0.15) is 32.3 Å². The summed E-state index contributed by atoms with van der Waals surface area (Å²) in [4.78, 5) is 2.28. The summed E-state index contributed by atoms with van der Waals surface area (Å²) in [5, 5.41) is 9.21. The van der Waals surface area contributed by atoms with E-state index in [1.54, 1.807) is 0 Å². The zero-order valence-corrected chi connectivity index (χ0v) is 12.0. The van der Waals surface area contributed by atoms with Gasteiger partial charge in [0.05, 0.1) is 18.3 Å². The van der Waals surface area contributed by atoms with Crippen LogP contribution in [0.2, 0.25) is 0 Å². The highest BCUT2D eigenvalue weighted by atomic mass is 16.5. The van der Waals surface area contributed by atoms with Gasteiger partial charge in [-0.2, -0.15) is 0 Å². The van der Waals surface area contributed by atoms with Crippen molar-refractivity contribution in [1.82, 2.24) is 4.90 Å². The Morgan fingerprint density at radius 2 is 2.05 bits per heavy atom. The molecule has 1 heterocycles. The Morgan fingerprint density at radius 3 is 2.63 bits per heavy atom. The summed E-state index contributed by atoms with van der Waals surface area (Å²) in [5.74, 6) is 0. The quantitative estimate of drug-likeness (QED) is 0.855. The molecule has 0 saturated carbocycles. The van der Waals surface area contributed by atoms with Gasteiger partial charge in [0.2, 0.25) is 0 Å². The number of rotatable bonds is 6. The van der Waals surface area contributed by atoms with E-state index >= 15 is 0 Å². The number of nitrogens with zero attached hydrogens (tertiary/aromatic N) is 1. The van der Waals surface area contributed by atoms with Gasteiger partial charge in [-0.3, -0.25) is 4.90 Å². The zero-order chi connectivity index (χ0) is 13.7. The molecule has 1 aromatic carbocycles. The fraction of sp³-hybridized carbons (Fsp3) is 0.625. The smallest absolute Gasteiger partial charge is 0.0710 e. The Kier molecular flexibility index (Phi) is 4.97. The predicted molar refractivity (Wildman–Crippen MR) is 77.0 cm³/mol. The largest absolute Gasteiger partial charge is 0.395 e. The maximum absolute atomic E-state index is 9.21. The van der Waals surface area contributed by atoms with E-state index in [2.05, 4.69) is 43.0 Å². The molecule has 0 radical (unpaired) electrons. The third kappa shape index (κ3) is 4.60. The van der Waals surface area contributed by atoms with Crippen LogP contribution in [0.5, 0.6) is 0 Å². The number of hydrogen-bond donors (Lipinski definition) is 1. The molecular formula is C16H25NO2. The number of benzene rings is 1. The van der Waals surface area contributed by atoms with Crippen LogP contribution >= 0.6 is 0 Å². The van der Waals surface area contributed by atoms with Crippen LogP contribution in [-0.4, -0.2) is 41.4 Å². The first-order chi connectivity index (χ1) is 9.09. The summed E-state index contributed by atoms with van der Waals surface area (Å²) in [6, 6.07) is 10.4. The van der Waals surface area contributed by atoms with Gasteiger partial charge in [-0.1, -0.05) is 30.3 Å². The van der Waals surface area contributed by atoms with Crippen LogP contribution < -0.4 is 0 Å². The van der Waals surface area contributed by atoms with Crippen LogP contribution in [0, 0.1) is 0 Å². The Hall–Kier alpha value is -0.900. The molecule has 1 aliphatic rings. The monoisotopic (exact) mass is 263 g/mol. The van der Waals surface area contributed by atoms with Gasteiger partial charge in [0, 0.05) is 19.6 Å². The van der Waals surface area contributed by atoms with Crippen molar-refractivity contribution in [3.05, 3.63) is 35.9 Å². The van der Waals surface area contributed by atoms with E-state index in [0.29, 0.717) is 12.6 Å². The van der Waals surface area contributed by atoms with Crippen molar-refractivity contribution in [3.63, 3.8) is 0 Å². The molecule has 3 nitrogen and oxygen atoms in total. The molecule has 1 N–H and O–H groups in total. The van der Waals surface area contributed by atoms with E-state index in [9.17, 15) is 5.11 Å². The van der Waals surface area contributed by atoms with Crippen molar-refractivity contribution in [2.24, 2.45) is 0 Å². The maximum Gasteiger partial charge on any atom is 0.0710 e. The lowest BCUT2D eigenvalue weighted by molar-refractivity contribution is -0.0309. The molecule has 3 heteroatoms. The highest BCUT2D eigenvalue weighted by Gasteiger charge is 2.32. The van der Waals surface area contributed by atoms with Crippen molar-refractivity contribution < 1.29 is 9.84 Å². The Balaban J connectivity index is 1.89. The maximum atomic E-state index is 9.21. The first-order valence-corrected chi connectivity index (χ1v) is 7.14. The van der Waals surface area contributed by atoms with Gasteiger partial charge in [-0.15, -0.1) is 0 Å². The minimum atomic E-state index is 0.0162. The molecule has 0 amide bonds. The summed E-state index contributed by atoms with van der Waals surface area (Å²) in [6.07, 6.45) is 2.53. The molecule has 19 heavy (non-hydrogen) atoms. The van der Waals surface area contributed by atoms with Crippen molar-refractivity contribution in [1.29, 1.82) is 0 Å².